The largest absolute Gasteiger partial charge is 0.378 e. The highest BCUT2D eigenvalue weighted by molar-refractivity contribution is 7.92. The van der Waals surface area contributed by atoms with E-state index in [0.29, 0.717) is 0 Å². The van der Waals surface area contributed by atoms with Gasteiger partial charge in [-0.1, -0.05) is 36.4 Å². The van der Waals surface area contributed by atoms with Crippen molar-refractivity contribution >= 4 is 21.4 Å². The lowest BCUT2D eigenvalue weighted by molar-refractivity contribution is 0.424. The van der Waals surface area contributed by atoms with Gasteiger partial charge < -0.3 is 5.32 Å². The van der Waals surface area contributed by atoms with Crippen molar-refractivity contribution in [3.8, 4) is 0 Å². The summed E-state index contributed by atoms with van der Waals surface area (Å²) < 4.78 is 55.5. The van der Waals surface area contributed by atoms with E-state index >= 15 is 0 Å². The zero-order valence-electron chi connectivity index (χ0n) is 16.4. The van der Waals surface area contributed by atoms with Gasteiger partial charge in [-0.15, -0.1) is 0 Å². The molecule has 0 unspecified atom stereocenters. The van der Waals surface area contributed by atoms with E-state index in [9.17, 15) is 17.2 Å². The average Bonchev–Trinajstić information content (AvgIpc) is 3.25. The Morgan fingerprint density at radius 1 is 0.968 bits per heavy atom. The van der Waals surface area contributed by atoms with E-state index in [0.717, 1.165) is 23.2 Å². The Labute approximate surface area is 179 Å². The summed E-state index contributed by atoms with van der Waals surface area (Å²) in [5.74, 6) is -0.685. The van der Waals surface area contributed by atoms with Gasteiger partial charge in [-0.3, -0.25) is 4.72 Å². The molecule has 0 bridgehead atoms. The molecule has 3 atom stereocenters. The third kappa shape index (κ3) is 3.59. The second-order valence-electron chi connectivity index (χ2n) is 7.86. The van der Waals surface area contributed by atoms with Crippen LogP contribution in [0.1, 0.15) is 29.5 Å². The molecule has 7 heteroatoms. The molecule has 2 aliphatic rings. The van der Waals surface area contributed by atoms with Crippen molar-refractivity contribution < 1.29 is 17.2 Å². The van der Waals surface area contributed by atoms with Gasteiger partial charge >= 0.3 is 0 Å². The number of nitrogens with one attached hydrogen (secondary N) is 2. The van der Waals surface area contributed by atoms with Crippen LogP contribution in [0.3, 0.4) is 0 Å². The van der Waals surface area contributed by atoms with Gasteiger partial charge in [0.1, 0.15) is 11.6 Å². The average molecular weight is 438 g/mol. The van der Waals surface area contributed by atoms with E-state index in [1.54, 1.807) is 30.3 Å². The second kappa shape index (κ2) is 7.50. The van der Waals surface area contributed by atoms with Crippen molar-refractivity contribution in [1.29, 1.82) is 0 Å². The number of benzene rings is 3. The first-order valence-corrected chi connectivity index (χ1v) is 11.5. The lowest BCUT2D eigenvalue weighted by Gasteiger charge is -2.37. The van der Waals surface area contributed by atoms with Crippen LogP contribution in [-0.4, -0.2) is 8.42 Å². The lowest BCUT2D eigenvalue weighted by Crippen LogP contribution is -2.29. The fraction of sp³-hybridized carbons (Fsp3) is 0.167. The first-order chi connectivity index (χ1) is 14.9. The summed E-state index contributed by atoms with van der Waals surface area (Å²) in [5, 5.41) is 3.50. The quantitative estimate of drug-likeness (QED) is 0.522. The van der Waals surface area contributed by atoms with E-state index in [2.05, 4.69) is 22.2 Å². The summed E-state index contributed by atoms with van der Waals surface area (Å²) >= 11 is 0. The fourth-order valence-electron chi connectivity index (χ4n) is 4.49. The molecule has 1 aliphatic heterocycles. The fourth-order valence-corrected chi connectivity index (χ4v) is 5.59. The second-order valence-corrected chi connectivity index (χ2v) is 9.54. The maximum Gasteiger partial charge on any atom is 0.261 e. The molecule has 0 fully saturated rings. The van der Waals surface area contributed by atoms with Crippen LogP contribution in [0.5, 0.6) is 0 Å². The molecule has 158 valence electrons. The third-order valence-corrected chi connectivity index (χ3v) is 7.36. The van der Waals surface area contributed by atoms with E-state index in [1.165, 1.54) is 36.4 Å². The predicted molar refractivity (Wildman–Crippen MR) is 116 cm³/mol. The van der Waals surface area contributed by atoms with Crippen molar-refractivity contribution in [2.24, 2.45) is 5.92 Å². The van der Waals surface area contributed by atoms with Crippen molar-refractivity contribution in [1.82, 2.24) is 0 Å². The molecule has 1 aliphatic carbocycles. The van der Waals surface area contributed by atoms with Crippen LogP contribution in [0.4, 0.5) is 20.2 Å². The zero-order chi connectivity index (χ0) is 21.6. The first kappa shape index (κ1) is 19.8. The molecule has 3 aromatic carbocycles. The first-order valence-electron chi connectivity index (χ1n) is 10.0. The molecule has 0 saturated heterocycles. The summed E-state index contributed by atoms with van der Waals surface area (Å²) in [6.07, 6.45) is 5.03. The Morgan fingerprint density at radius 2 is 1.74 bits per heavy atom. The molecule has 1 heterocycles. The van der Waals surface area contributed by atoms with Crippen LogP contribution >= 0.6 is 0 Å². The van der Waals surface area contributed by atoms with Crippen LogP contribution in [0.15, 0.2) is 83.8 Å². The molecule has 0 radical (unpaired) electrons. The summed E-state index contributed by atoms with van der Waals surface area (Å²) in [6.45, 7) is 0. The Kier molecular flexibility index (Phi) is 4.78. The minimum absolute atomic E-state index is 0.00732. The topological polar surface area (TPSA) is 58.2 Å². The molecule has 2 N–H and O–H groups in total. The highest BCUT2D eigenvalue weighted by Gasteiger charge is 2.38. The highest BCUT2D eigenvalue weighted by atomic mass is 32.2. The molecule has 4 nitrogen and oxygen atoms in total. The summed E-state index contributed by atoms with van der Waals surface area (Å²) in [5.41, 5.74) is 2.62. The molecule has 31 heavy (non-hydrogen) atoms. The molecule has 0 amide bonds. The van der Waals surface area contributed by atoms with Gasteiger partial charge in [0.2, 0.25) is 0 Å². The van der Waals surface area contributed by atoms with Gasteiger partial charge in [0.05, 0.1) is 16.6 Å². The van der Waals surface area contributed by atoms with Crippen LogP contribution < -0.4 is 10.0 Å². The number of allylic oxidation sites excluding steroid dienone is 2. The van der Waals surface area contributed by atoms with Crippen LogP contribution in [0.2, 0.25) is 0 Å². The number of hydrogen-bond acceptors (Lipinski definition) is 3. The number of para-hydroxylation sites is 1. The van der Waals surface area contributed by atoms with E-state index in [-0.39, 0.29) is 34.3 Å². The summed E-state index contributed by atoms with van der Waals surface area (Å²) in [7, 11) is -3.95. The van der Waals surface area contributed by atoms with Gasteiger partial charge in [-0.2, -0.15) is 0 Å². The Balaban J connectivity index is 1.50. The van der Waals surface area contributed by atoms with Crippen molar-refractivity contribution in [3.05, 3.63) is 102 Å². The predicted octanol–water partition coefficient (Wildman–Crippen LogP) is 5.59. The van der Waals surface area contributed by atoms with Gasteiger partial charge in [-0.05, 0) is 65.9 Å². The van der Waals surface area contributed by atoms with Gasteiger partial charge in [-0.25, -0.2) is 17.2 Å². The zero-order valence-corrected chi connectivity index (χ0v) is 17.2. The van der Waals surface area contributed by atoms with Crippen molar-refractivity contribution in [2.75, 3.05) is 10.0 Å². The summed E-state index contributed by atoms with van der Waals surface area (Å²) in [6, 6.07) is 17.0. The number of halogens is 2. The van der Waals surface area contributed by atoms with E-state index in [4.69, 9.17) is 0 Å². The maximum absolute atomic E-state index is 13.9. The van der Waals surface area contributed by atoms with Crippen LogP contribution in [-0.2, 0) is 10.0 Å². The Bertz CT molecular complexity index is 1270. The molecule has 0 aromatic heterocycles. The van der Waals surface area contributed by atoms with E-state index < -0.39 is 15.8 Å². The number of fused-ring (bicyclic) bond motifs is 3. The minimum atomic E-state index is -3.95. The standard InChI is InChI=1S/C24H20F2N2O2S/c25-16-10-8-15(9-11-16)24-19-5-3-4-18(19)20-14-17(12-13-22(20)27-24)31(29,30)28-23-7-2-1-6-21(23)26/h1-4,6-14,18-19,24,27-28H,5H2/t18-,19-,24+/m1/s1. The van der Waals surface area contributed by atoms with Crippen molar-refractivity contribution in [3.63, 3.8) is 0 Å². The number of rotatable bonds is 4. The van der Waals surface area contributed by atoms with E-state index in [1.807, 2.05) is 0 Å². The number of sulfonamides is 1. The SMILES string of the molecule is O=S(=O)(Nc1ccccc1F)c1ccc2c(c1)[C@@H]1C=CC[C@H]1[C@H](c1ccc(F)cc1)N2. The van der Waals surface area contributed by atoms with Crippen molar-refractivity contribution in [2.45, 2.75) is 23.3 Å². The van der Waals surface area contributed by atoms with Crippen LogP contribution in [0.25, 0.3) is 0 Å². The Hall–Kier alpha value is -3.19. The highest BCUT2D eigenvalue weighted by Crippen LogP contribution is 2.50. The number of hydrogen-bond donors (Lipinski definition) is 2. The third-order valence-electron chi connectivity index (χ3n) is 5.99. The minimum Gasteiger partial charge on any atom is -0.378 e. The summed E-state index contributed by atoms with van der Waals surface area (Å²) in [4.78, 5) is 0.0792. The molecule has 0 saturated carbocycles. The smallest absolute Gasteiger partial charge is 0.261 e. The lowest BCUT2D eigenvalue weighted by atomic mass is 9.77. The molecule has 0 spiro atoms. The van der Waals surface area contributed by atoms with Gasteiger partial charge in [0.25, 0.3) is 10.0 Å². The van der Waals surface area contributed by atoms with Crippen LogP contribution in [0, 0.1) is 17.6 Å². The monoisotopic (exact) mass is 438 g/mol. The Morgan fingerprint density at radius 3 is 2.52 bits per heavy atom. The molecular formula is C24H20F2N2O2S. The molecular weight excluding hydrogens is 418 g/mol. The maximum atomic E-state index is 13.9. The van der Waals surface area contributed by atoms with Gasteiger partial charge in [0, 0.05) is 11.6 Å². The number of anilines is 2. The molecule has 5 rings (SSSR count). The normalized spacial score (nSPS) is 21.8. The molecule has 3 aromatic rings. The van der Waals surface area contributed by atoms with Gasteiger partial charge in [0.15, 0.2) is 0 Å².